The predicted octanol–water partition coefficient (Wildman–Crippen LogP) is 0.420. The molecule has 0 amide bonds. The summed E-state index contributed by atoms with van der Waals surface area (Å²) in [7, 11) is 0. The summed E-state index contributed by atoms with van der Waals surface area (Å²) in [6.45, 7) is 5.63. The highest BCUT2D eigenvalue weighted by atomic mass is 16.5. The fraction of sp³-hybridized carbons (Fsp3) is 1.00. The molecule has 0 aromatic rings. The molecule has 0 radical (unpaired) electrons. The van der Waals surface area contributed by atoms with E-state index < -0.39 is 0 Å². The monoisotopic (exact) mass is 148 g/mol. The van der Waals surface area contributed by atoms with Gasteiger partial charge in [0, 0.05) is 13.2 Å². The lowest BCUT2D eigenvalue weighted by atomic mass is 10.4. The van der Waals surface area contributed by atoms with Crippen LogP contribution in [0.3, 0.4) is 0 Å². The minimum absolute atomic E-state index is 0.0356. The van der Waals surface area contributed by atoms with Gasteiger partial charge in [0.2, 0.25) is 0 Å². The van der Waals surface area contributed by atoms with Crippen molar-refractivity contribution in [3.63, 3.8) is 0 Å². The van der Waals surface area contributed by atoms with Crippen LogP contribution in [0.15, 0.2) is 0 Å². The fourth-order valence-corrected chi connectivity index (χ4v) is 0.639. The lowest BCUT2D eigenvalue weighted by Crippen LogP contribution is -2.23. The Kier molecular flexibility index (Phi) is 6.91. The number of aliphatic hydroxyl groups excluding tert-OH is 1. The van der Waals surface area contributed by atoms with Crippen LogP contribution in [0, 0.1) is 0 Å². The van der Waals surface area contributed by atoms with E-state index in [0.29, 0.717) is 19.8 Å². The van der Waals surface area contributed by atoms with E-state index in [1.807, 2.05) is 13.8 Å². The van der Waals surface area contributed by atoms with E-state index in [2.05, 4.69) is 0 Å². The van der Waals surface area contributed by atoms with E-state index in [4.69, 9.17) is 14.6 Å². The van der Waals surface area contributed by atoms with Crippen molar-refractivity contribution in [2.75, 3.05) is 26.4 Å². The van der Waals surface area contributed by atoms with Crippen molar-refractivity contribution >= 4 is 0 Å². The van der Waals surface area contributed by atoms with Gasteiger partial charge in [-0.15, -0.1) is 0 Å². The van der Waals surface area contributed by atoms with E-state index in [9.17, 15) is 0 Å². The van der Waals surface area contributed by atoms with Crippen LogP contribution >= 0.6 is 0 Å². The van der Waals surface area contributed by atoms with Gasteiger partial charge in [0.05, 0.1) is 13.2 Å². The molecule has 0 aromatic carbocycles. The number of hydrogen-bond donors (Lipinski definition) is 1. The van der Waals surface area contributed by atoms with Crippen LogP contribution in [0.25, 0.3) is 0 Å². The van der Waals surface area contributed by atoms with Crippen molar-refractivity contribution in [1.29, 1.82) is 0 Å². The Balaban J connectivity index is 3.21. The molecule has 1 atom stereocenters. The largest absolute Gasteiger partial charge is 0.394 e. The minimum atomic E-state index is -0.148. The van der Waals surface area contributed by atoms with E-state index in [1.54, 1.807) is 0 Å². The molecule has 0 heterocycles. The normalized spacial score (nSPS) is 13.5. The highest BCUT2D eigenvalue weighted by Crippen LogP contribution is 1.91. The molecule has 0 fully saturated rings. The Morgan fingerprint density at radius 2 is 2.00 bits per heavy atom. The third-order valence-electron chi connectivity index (χ3n) is 1.11. The Morgan fingerprint density at radius 3 is 2.40 bits per heavy atom. The second kappa shape index (κ2) is 6.99. The van der Waals surface area contributed by atoms with Gasteiger partial charge in [-0.2, -0.15) is 0 Å². The maximum absolute atomic E-state index is 8.68. The molecule has 0 unspecified atom stereocenters. The molecule has 0 aliphatic rings. The maximum atomic E-state index is 8.68. The lowest BCUT2D eigenvalue weighted by Gasteiger charge is -2.12. The van der Waals surface area contributed by atoms with Gasteiger partial charge in [-0.3, -0.25) is 0 Å². The highest BCUT2D eigenvalue weighted by Gasteiger charge is 2.04. The topological polar surface area (TPSA) is 38.7 Å². The van der Waals surface area contributed by atoms with Gasteiger partial charge in [-0.1, -0.05) is 0 Å². The van der Waals surface area contributed by atoms with Crippen molar-refractivity contribution in [2.45, 2.75) is 20.0 Å². The van der Waals surface area contributed by atoms with E-state index in [0.717, 1.165) is 0 Å². The first-order valence-electron chi connectivity index (χ1n) is 3.65. The summed E-state index contributed by atoms with van der Waals surface area (Å²) < 4.78 is 10.2. The molecule has 62 valence electrons. The highest BCUT2D eigenvalue weighted by molar-refractivity contribution is 4.51. The van der Waals surface area contributed by atoms with E-state index >= 15 is 0 Å². The Labute approximate surface area is 62.0 Å². The molecule has 0 spiro atoms. The first-order valence-corrected chi connectivity index (χ1v) is 3.65. The van der Waals surface area contributed by atoms with Gasteiger partial charge in [0.15, 0.2) is 0 Å². The molecule has 0 rings (SSSR count). The second-order valence-corrected chi connectivity index (χ2v) is 1.92. The average Bonchev–Trinajstić information content (AvgIpc) is 1.98. The first kappa shape index (κ1) is 9.88. The summed E-state index contributed by atoms with van der Waals surface area (Å²) in [6.07, 6.45) is -0.148. The number of rotatable bonds is 6. The van der Waals surface area contributed by atoms with Crippen molar-refractivity contribution in [2.24, 2.45) is 0 Å². The van der Waals surface area contributed by atoms with Crippen LogP contribution in [0.1, 0.15) is 13.8 Å². The zero-order chi connectivity index (χ0) is 7.82. The molecule has 0 aliphatic heterocycles. The molecule has 1 N–H and O–H groups in total. The summed E-state index contributed by atoms with van der Waals surface area (Å²) in [4.78, 5) is 0. The van der Waals surface area contributed by atoms with Gasteiger partial charge < -0.3 is 14.6 Å². The second-order valence-electron chi connectivity index (χ2n) is 1.92. The van der Waals surface area contributed by atoms with E-state index in [1.165, 1.54) is 0 Å². The van der Waals surface area contributed by atoms with Crippen LogP contribution in [0.5, 0.6) is 0 Å². The Hall–Kier alpha value is -0.120. The van der Waals surface area contributed by atoms with Crippen molar-refractivity contribution < 1.29 is 14.6 Å². The molecule has 0 saturated heterocycles. The standard InChI is InChI=1S/C7H16O3/c1-3-9-6-7(5-8)10-4-2/h7-8H,3-6H2,1-2H3/t7-/m1/s1. The van der Waals surface area contributed by atoms with Crippen molar-refractivity contribution in [3.05, 3.63) is 0 Å². The number of ether oxygens (including phenoxy) is 2. The van der Waals surface area contributed by atoms with Crippen LogP contribution in [0.2, 0.25) is 0 Å². The van der Waals surface area contributed by atoms with Crippen molar-refractivity contribution in [3.8, 4) is 0 Å². The van der Waals surface area contributed by atoms with Gasteiger partial charge in [0.1, 0.15) is 6.10 Å². The van der Waals surface area contributed by atoms with Gasteiger partial charge in [-0.05, 0) is 13.8 Å². The molecule has 0 aromatic heterocycles. The first-order chi connectivity index (χ1) is 4.85. The third kappa shape index (κ3) is 4.73. The summed E-state index contributed by atoms with van der Waals surface area (Å²) in [5, 5.41) is 8.68. The van der Waals surface area contributed by atoms with Crippen LogP contribution < -0.4 is 0 Å². The van der Waals surface area contributed by atoms with Gasteiger partial charge in [-0.25, -0.2) is 0 Å². The average molecular weight is 148 g/mol. The SMILES string of the molecule is CCOC[C@@H](CO)OCC. The van der Waals surface area contributed by atoms with Crippen molar-refractivity contribution in [1.82, 2.24) is 0 Å². The number of aliphatic hydroxyl groups is 1. The molecule has 0 aliphatic carbocycles. The van der Waals surface area contributed by atoms with Crippen LogP contribution in [-0.2, 0) is 9.47 Å². The van der Waals surface area contributed by atoms with E-state index in [-0.39, 0.29) is 12.7 Å². The Bertz CT molecular complexity index is 65.9. The van der Waals surface area contributed by atoms with Crippen LogP contribution in [-0.4, -0.2) is 37.6 Å². The summed E-state index contributed by atoms with van der Waals surface area (Å²) in [5.74, 6) is 0. The summed E-state index contributed by atoms with van der Waals surface area (Å²) in [6, 6.07) is 0. The molecule has 3 nitrogen and oxygen atoms in total. The Morgan fingerprint density at radius 1 is 1.30 bits per heavy atom. The minimum Gasteiger partial charge on any atom is -0.394 e. The van der Waals surface area contributed by atoms with Crippen LogP contribution in [0.4, 0.5) is 0 Å². The molecule has 10 heavy (non-hydrogen) atoms. The molecular formula is C7H16O3. The quantitative estimate of drug-likeness (QED) is 0.593. The fourth-order valence-electron chi connectivity index (χ4n) is 0.639. The third-order valence-corrected chi connectivity index (χ3v) is 1.11. The smallest absolute Gasteiger partial charge is 0.104 e. The molecule has 0 saturated carbocycles. The molecular weight excluding hydrogens is 132 g/mol. The predicted molar refractivity (Wildman–Crippen MR) is 39.0 cm³/mol. The molecule has 3 heteroatoms. The molecule has 0 bridgehead atoms. The lowest BCUT2D eigenvalue weighted by molar-refractivity contribution is -0.0353. The van der Waals surface area contributed by atoms with Gasteiger partial charge >= 0.3 is 0 Å². The van der Waals surface area contributed by atoms with Gasteiger partial charge in [0.25, 0.3) is 0 Å². The maximum Gasteiger partial charge on any atom is 0.104 e. The summed E-state index contributed by atoms with van der Waals surface area (Å²) in [5.41, 5.74) is 0. The zero-order valence-electron chi connectivity index (χ0n) is 6.67. The summed E-state index contributed by atoms with van der Waals surface area (Å²) >= 11 is 0. The number of hydrogen-bond acceptors (Lipinski definition) is 3. The zero-order valence-corrected chi connectivity index (χ0v) is 6.67.